The molecule has 0 amide bonds. The average Bonchev–Trinajstić information content (AvgIpc) is 2.87. The van der Waals surface area contributed by atoms with Gasteiger partial charge in [0, 0.05) is 19.5 Å². The summed E-state index contributed by atoms with van der Waals surface area (Å²) in [6.45, 7) is 3.68. The highest BCUT2D eigenvalue weighted by atomic mass is 16.5. The third-order valence-electron chi connectivity index (χ3n) is 6.63. The van der Waals surface area contributed by atoms with Gasteiger partial charge in [-0.25, -0.2) is 4.98 Å². The molecule has 1 saturated heterocycles. The number of piperidine rings is 1. The maximum Gasteiger partial charge on any atom is 0.305 e. The Kier molecular flexibility index (Phi) is 7.08. The number of methoxy groups -OCH3 is 1. The maximum absolute atomic E-state index is 13.9. The van der Waals surface area contributed by atoms with Crippen LogP contribution in [0.3, 0.4) is 0 Å². The van der Waals surface area contributed by atoms with Gasteiger partial charge in [0.2, 0.25) is 0 Å². The predicted molar refractivity (Wildman–Crippen MR) is 131 cm³/mol. The average molecular weight is 449 g/mol. The van der Waals surface area contributed by atoms with Crippen molar-refractivity contribution in [3.8, 4) is 5.69 Å². The number of para-hydroxylation sites is 1. The molecule has 174 valence electrons. The molecule has 1 fully saturated rings. The van der Waals surface area contributed by atoms with Crippen LogP contribution >= 0.6 is 0 Å². The highest BCUT2D eigenvalue weighted by molar-refractivity contribution is 5.91. The van der Waals surface area contributed by atoms with Gasteiger partial charge in [0.1, 0.15) is 5.82 Å². The second-order valence-corrected chi connectivity index (χ2v) is 8.68. The molecule has 1 aromatic heterocycles. The predicted octanol–water partition coefficient (Wildman–Crippen LogP) is 3.97. The molecule has 2 N–H and O–H groups in total. The van der Waals surface area contributed by atoms with E-state index in [1.165, 1.54) is 7.11 Å². The smallest absolute Gasteiger partial charge is 0.305 e. The Morgan fingerprint density at radius 1 is 1.15 bits per heavy atom. The number of hydrogen-bond donors (Lipinski definition) is 1. The van der Waals surface area contributed by atoms with Crippen LogP contribution in [0.5, 0.6) is 0 Å². The van der Waals surface area contributed by atoms with Crippen molar-refractivity contribution in [2.45, 2.75) is 45.1 Å². The van der Waals surface area contributed by atoms with Crippen LogP contribution in [0.2, 0.25) is 0 Å². The van der Waals surface area contributed by atoms with Crippen LogP contribution in [0.4, 0.5) is 5.69 Å². The summed E-state index contributed by atoms with van der Waals surface area (Å²) in [5.74, 6) is 0.920. The molecule has 0 spiro atoms. The largest absolute Gasteiger partial charge is 0.469 e. The number of hydrogen-bond acceptors (Lipinski definition) is 6. The minimum Gasteiger partial charge on any atom is -0.469 e. The van der Waals surface area contributed by atoms with E-state index in [0.717, 1.165) is 43.7 Å². The molecule has 0 unspecified atom stereocenters. The zero-order valence-corrected chi connectivity index (χ0v) is 19.4. The number of nitrogens with zero attached hydrogens (tertiary/aromatic N) is 3. The Bertz CT molecular complexity index is 1170. The Hall–Kier alpha value is -3.19. The first-order valence-electron chi connectivity index (χ1n) is 11.7. The topological polar surface area (TPSA) is 90.5 Å². The highest BCUT2D eigenvalue weighted by Gasteiger charge is 2.24. The first kappa shape index (κ1) is 23.0. The lowest BCUT2D eigenvalue weighted by molar-refractivity contribution is -0.141. The fraction of sp³-hybridized carbons (Fsp3) is 0.423. The van der Waals surface area contributed by atoms with Gasteiger partial charge in [0.05, 0.1) is 35.4 Å². The summed E-state index contributed by atoms with van der Waals surface area (Å²) >= 11 is 0. The van der Waals surface area contributed by atoms with Crippen molar-refractivity contribution >= 4 is 22.6 Å². The lowest BCUT2D eigenvalue weighted by atomic mass is 9.91. The number of benzene rings is 2. The molecule has 0 radical (unpaired) electrons. The van der Waals surface area contributed by atoms with Crippen LogP contribution in [0.25, 0.3) is 16.6 Å². The molecular formula is C26H32N4O3. The summed E-state index contributed by atoms with van der Waals surface area (Å²) in [4.78, 5) is 32.5. The third kappa shape index (κ3) is 4.78. The first-order valence-corrected chi connectivity index (χ1v) is 11.7. The monoisotopic (exact) mass is 448 g/mol. The van der Waals surface area contributed by atoms with Gasteiger partial charge in [-0.15, -0.1) is 0 Å². The van der Waals surface area contributed by atoms with Crippen molar-refractivity contribution in [3.63, 3.8) is 0 Å². The van der Waals surface area contributed by atoms with E-state index >= 15 is 0 Å². The molecule has 0 aliphatic carbocycles. The van der Waals surface area contributed by atoms with Gasteiger partial charge >= 0.3 is 5.97 Å². The fourth-order valence-corrected chi connectivity index (χ4v) is 4.64. The van der Waals surface area contributed by atoms with Crippen LogP contribution in [-0.2, 0) is 9.53 Å². The second kappa shape index (κ2) is 10.2. The van der Waals surface area contributed by atoms with Crippen LogP contribution in [-0.4, -0.2) is 35.7 Å². The number of carbonyl (C=O) groups is 1. The van der Waals surface area contributed by atoms with Crippen molar-refractivity contribution in [2.75, 3.05) is 25.1 Å². The van der Waals surface area contributed by atoms with Crippen LogP contribution in [0.15, 0.2) is 53.3 Å². The summed E-state index contributed by atoms with van der Waals surface area (Å²) < 4.78 is 6.44. The molecule has 7 heteroatoms. The maximum atomic E-state index is 13.9. The summed E-state index contributed by atoms with van der Waals surface area (Å²) in [5, 5.41) is 0.626. The minimum atomic E-state index is -0.337. The lowest BCUT2D eigenvalue weighted by Gasteiger charge is -2.34. The van der Waals surface area contributed by atoms with Crippen LogP contribution < -0.4 is 16.2 Å². The lowest BCUT2D eigenvalue weighted by Crippen LogP contribution is -2.35. The minimum absolute atomic E-state index is 0.0893. The summed E-state index contributed by atoms with van der Waals surface area (Å²) in [6, 6.07) is 15.1. The number of anilines is 1. The number of nitrogens with two attached hydrogens (primary N) is 1. The zero-order chi connectivity index (χ0) is 23.4. The Labute approximate surface area is 194 Å². The quantitative estimate of drug-likeness (QED) is 0.550. The van der Waals surface area contributed by atoms with E-state index in [9.17, 15) is 9.59 Å². The van der Waals surface area contributed by atoms with Crippen LogP contribution in [0, 0.1) is 5.92 Å². The fourth-order valence-electron chi connectivity index (χ4n) is 4.64. The van der Waals surface area contributed by atoms with Crippen molar-refractivity contribution in [1.29, 1.82) is 0 Å². The van der Waals surface area contributed by atoms with E-state index in [1.807, 2.05) is 55.5 Å². The first-order chi connectivity index (χ1) is 16.0. The van der Waals surface area contributed by atoms with Crippen LogP contribution in [0.1, 0.15) is 50.9 Å². The Balaban J connectivity index is 1.71. The summed E-state index contributed by atoms with van der Waals surface area (Å²) in [5.41, 5.74) is 8.66. The molecular weight excluding hydrogens is 416 g/mol. The normalized spacial score (nSPS) is 15.5. The summed E-state index contributed by atoms with van der Waals surface area (Å²) in [6.07, 6.45) is 3.95. The molecule has 2 heterocycles. The Morgan fingerprint density at radius 2 is 1.88 bits per heavy atom. The summed E-state index contributed by atoms with van der Waals surface area (Å²) in [7, 11) is 1.43. The molecule has 0 saturated carbocycles. The molecule has 33 heavy (non-hydrogen) atoms. The van der Waals surface area contributed by atoms with E-state index in [-0.39, 0.29) is 17.6 Å². The second-order valence-electron chi connectivity index (χ2n) is 8.68. The molecule has 2 aromatic carbocycles. The molecule has 7 nitrogen and oxygen atoms in total. The Morgan fingerprint density at radius 3 is 2.55 bits per heavy atom. The number of carbonyl (C=O) groups excluding carboxylic acids is 1. The van der Waals surface area contributed by atoms with E-state index < -0.39 is 0 Å². The van der Waals surface area contributed by atoms with Gasteiger partial charge in [-0.05, 0) is 55.9 Å². The van der Waals surface area contributed by atoms with E-state index in [2.05, 4.69) is 4.90 Å². The van der Waals surface area contributed by atoms with Crippen molar-refractivity contribution in [1.82, 2.24) is 9.55 Å². The van der Waals surface area contributed by atoms with Crippen molar-refractivity contribution in [3.05, 3.63) is 64.7 Å². The van der Waals surface area contributed by atoms with Gasteiger partial charge in [-0.1, -0.05) is 31.2 Å². The number of rotatable bonds is 7. The van der Waals surface area contributed by atoms with Gasteiger partial charge in [0.25, 0.3) is 5.56 Å². The third-order valence-corrected chi connectivity index (χ3v) is 6.63. The van der Waals surface area contributed by atoms with E-state index in [0.29, 0.717) is 35.5 Å². The van der Waals surface area contributed by atoms with Crippen molar-refractivity contribution in [2.24, 2.45) is 11.7 Å². The molecule has 1 aliphatic rings. The zero-order valence-electron chi connectivity index (χ0n) is 19.4. The molecule has 1 atom stereocenters. The molecule has 0 bridgehead atoms. The molecule has 1 aliphatic heterocycles. The van der Waals surface area contributed by atoms with E-state index in [1.54, 1.807) is 4.57 Å². The van der Waals surface area contributed by atoms with Crippen molar-refractivity contribution < 1.29 is 9.53 Å². The highest BCUT2D eigenvalue weighted by Crippen LogP contribution is 2.30. The SMILES string of the molecule is CC[C@H](N)c1nc2cccc(N3CCC(CCC(=O)OC)CC3)c2c(=O)n1-c1ccccc1. The van der Waals surface area contributed by atoms with Gasteiger partial charge in [-0.3, -0.25) is 14.2 Å². The standard InChI is InChI=1S/C26H32N4O3/c1-3-20(27)25-28-21-10-7-11-22(24(21)26(32)30(25)19-8-5-4-6-9-19)29-16-14-18(15-17-29)12-13-23(31)33-2/h4-11,18,20H,3,12-17,27H2,1-2H3/t20-/m0/s1. The number of aromatic nitrogens is 2. The number of esters is 1. The van der Waals surface area contributed by atoms with Gasteiger partial charge in [-0.2, -0.15) is 0 Å². The number of ether oxygens (including phenoxy) is 1. The number of fused-ring (bicyclic) bond motifs is 1. The molecule has 3 aromatic rings. The van der Waals surface area contributed by atoms with E-state index in [4.69, 9.17) is 15.5 Å². The molecule has 4 rings (SSSR count). The van der Waals surface area contributed by atoms with Gasteiger partial charge in [0.15, 0.2) is 0 Å². The van der Waals surface area contributed by atoms with Gasteiger partial charge < -0.3 is 15.4 Å².